The van der Waals surface area contributed by atoms with E-state index in [9.17, 15) is 4.79 Å². The summed E-state index contributed by atoms with van der Waals surface area (Å²) in [5.74, 6) is -0.102. The minimum atomic E-state index is -0.102. The number of aromatic nitrogens is 2. The molecule has 4 rings (SSSR count). The van der Waals surface area contributed by atoms with E-state index < -0.39 is 0 Å². The first kappa shape index (κ1) is 19.2. The third kappa shape index (κ3) is 4.32. The molecule has 0 saturated carbocycles. The fourth-order valence-corrected chi connectivity index (χ4v) is 3.70. The average Bonchev–Trinajstić information content (AvgIpc) is 3.30. The summed E-state index contributed by atoms with van der Waals surface area (Å²) in [5, 5.41) is 3.04. The van der Waals surface area contributed by atoms with Crippen molar-refractivity contribution in [2.24, 2.45) is 0 Å². The molecule has 2 heterocycles. The molecule has 6 heteroatoms. The van der Waals surface area contributed by atoms with Crippen LogP contribution < -0.4 is 10.2 Å². The molecule has 0 atom stereocenters. The van der Waals surface area contributed by atoms with Crippen molar-refractivity contribution in [3.8, 4) is 5.69 Å². The van der Waals surface area contributed by atoms with Gasteiger partial charge in [0.2, 0.25) is 0 Å². The van der Waals surface area contributed by atoms with Crippen LogP contribution in [0.25, 0.3) is 5.69 Å². The number of hydrogen-bond acceptors (Lipinski definition) is 4. The molecule has 1 aromatic heterocycles. The Labute approximate surface area is 171 Å². The number of nitrogens with one attached hydrogen (secondary N) is 1. The Hall–Kier alpha value is -3.12. The summed E-state index contributed by atoms with van der Waals surface area (Å²) in [6.45, 7) is 9.66. The highest BCUT2D eigenvalue weighted by molar-refractivity contribution is 6.04. The highest BCUT2D eigenvalue weighted by Gasteiger charge is 2.17. The maximum Gasteiger partial charge on any atom is 0.255 e. The third-order valence-corrected chi connectivity index (χ3v) is 5.57. The van der Waals surface area contributed by atoms with E-state index in [-0.39, 0.29) is 5.91 Å². The second-order valence-corrected chi connectivity index (χ2v) is 7.39. The maximum absolute atomic E-state index is 12.7. The number of benzene rings is 2. The van der Waals surface area contributed by atoms with Crippen molar-refractivity contribution >= 4 is 17.3 Å². The van der Waals surface area contributed by atoms with Crippen molar-refractivity contribution in [2.75, 3.05) is 42.9 Å². The van der Waals surface area contributed by atoms with Gasteiger partial charge in [-0.3, -0.25) is 4.79 Å². The van der Waals surface area contributed by atoms with Crippen molar-refractivity contribution in [1.29, 1.82) is 0 Å². The molecular formula is C23H27N5O. The molecule has 0 unspecified atom stereocenters. The summed E-state index contributed by atoms with van der Waals surface area (Å²) in [7, 11) is 0. The van der Waals surface area contributed by atoms with Crippen LogP contribution >= 0.6 is 0 Å². The maximum atomic E-state index is 12.7. The molecule has 0 bridgehead atoms. The molecule has 0 radical (unpaired) electrons. The zero-order chi connectivity index (χ0) is 20.2. The number of nitrogens with zero attached hydrogens (tertiary/aromatic N) is 4. The monoisotopic (exact) mass is 389 g/mol. The number of carbonyl (C=O) groups excluding carboxylic acids is 1. The topological polar surface area (TPSA) is 53.4 Å². The van der Waals surface area contributed by atoms with Crippen molar-refractivity contribution in [3.05, 3.63) is 72.3 Å². The lowest BCUT2D eigenvalue weighted by Crippen LogP contribution is -2.46. The zero-order valence-electron chi connectivity index (χ0n) is 17.0. The molecule has 1 N–H and O–H groups in total. The van der Waals surface area contributed by atoms with E-state index in [4.69, 9.17) is 0 Å². The van der Waals surface area contributed by atoms with E-state index in [2.05, 4.69) is 39.2 Å². The predicted molar refractivity (Wildman–Crippen MR) is 117 cm³/mol. The highest BCUT2D eigenvalue weighted by atomic mass is 16.1. The molecule has 0 aliphatic carbocycles. The van der Waals surface area contributed by atoms with Gasteiger partial charge in [-0.05, 0) is 61.5 Å². The lowest BCUT2D eigenvalue weighted by atomic mass is 10.1. The Morgan fingerprint density at radius 2 is 1.76 bits per heavy atom. The van der Waals surface area contributed by atoms with E-state index in [1.54, 1.807) is 12.5 Å². The number of likely N-dealkylation sites (N-methyl/N-ethyl adjacent to an activating group) is 1. The Morgan fingerprint density at radius 3 is 2.38 bits per heavy atom. The molecule has 3 aromatic rings. The summed E-state index contributed by atoms with van der Waals surface area (Å²) < 4.78 is 1.91. The molecule has 2 aromatic carbocycles. The lowest BCUT2D eigenvalue weighted by molar-refractivity contribution is 0.102. The van der Waals surface area contributed by atoms with Gasteiger partial charge in [0.25, 0.3) is 5.91 Å². The number of anilines is 2. The first-order valence-electron chi connectivity index (χ1n) is 10.1. The molecular weight excluding hydrogens is 362 g/mol. The molecule has 1 aliphatic heterocycles. The van der Waals surface area contributed by atoms with Gasteiger partial charge in [-0.25, -0.2) is 4.98 Å². The van der Waals surface area contributed by atoms with Crippen LogP contribution in [-0.2, 0) is 0 Å². The number of amides is 1. The smallest absolute Gasteiger partial charge is 0.255 e. The number of carbonyl (C=O) groups is 1. The number of piperazine rings is 1. The Balaban J connectivity index is 1.42. The minimum Gasteiger partial charge on any atom is -0.369 e. The van der Waals surface area contributed by atoms with E-state index in [0.717, 1.165) is 49.7 Å². The summed E-state index contributed by atoms with van der Waals surface area (Å²) in [5.41, 5.74) is 4.75. The van der Waals surface area contributed by atoms with Crippen LogP contribution in [0.15, 0.2) is 61.2 Å². The second-order valence-electron chi connectivity index (χ2n) is 7.39. The summed E-state index contributed by atoms with van der Waals surface area (Å²) >= 11 is 0. The van der Waals surface area contributed by atoms with E-state index >= 15 is 0 Å². The van der Waals surface area contributed by atoms with Crippen LogP contribution in [0.1, 0.15) is 22.8 Å². The quantitative estimate of drug-likeness (QED) is 0.725. The molecule has 150 valence electrons. The molecule has 1 amide bonds. The Bertz CT molecular complexity index is 957. The van der Waals surface area contributed by atoms with Crippen LogP contribution in [0.3, 0.4) is 0 Å². The third-order valence-electron chi connectivity index (χ3n) is 5.57. The summed E-state index contributed by atoms with van der Waals surface area (Å²) in [6.07, 6.45) is 5.35. The van der Waals surface area contributed by atoms with Gasteiger partial charge in [0, 0.05) is 61.2 Å². The van der Waals surface area contributed by atoms with Crippen LogP contribution in [0.5, 0.6) is 0 Å². The van der Waals surface area contributed by atoms with E-state index in [0.29, 0.717) is 5.56 Å². The van der Waals surface area contributed by atoms with Crippen molar-refractivity contribution in [2.45, 2.75) is 13.8 Å². The second kappa shape index (κ2) is 8.49. The van der Waals surface area contributed by atoms with Gasteiger partial charge in [0.15, 0.2) is 0 Å². The number of aryl methyl sites for hydroxylation is 1. The summed E-state index contributed by atoms with van der Waals surface area (Å²) in [4.78, 5) is 21.6. The van der Waals surface area contributed by atoms with Crippen LogP contribution in [-0.4, -0.2) is 53.1 Å². The van der Waals surface area contributed by atoms with Crippen LogP contribution in [0, 0.1) is 6.92 Å². The van der Waals surface area contributed by atoms with Crippen molar-refractivity contribution in [1.82, 2.24) is 14.5 Å². The van der Waals surface area contributed by atoms with Crippen molar-refractivity contribution < 1.29 is 4.79 Å². The summed E-state index contributed by atoms with van der Waals surface area (Å²) in [6, 6.07) is 13.8. The molecule has 1 fully saturated rings. The lowest BCUT2D eigenvalue weighted by Gasteiger charge is -2.35. The fourth-order valence-electron chi connectivity index (χ4n) is 3.70. The highest BCUT2D eigenvalue weighted by Crippen LogP contribution is 2.24. The standard InChI is InChI=1S/C23H27N5O/c1-3-26-12-14-27(15-13-26)21-8-9-22(18(2)16-21)25-23(29)19-4-6-20(7-5-19)28-11-10-24-17-28/h4-11,16-17H,3,12-15H2,1-2H3,(H,25,29). The van der Waals surface area contributed by atoms with Gasteiger partial charge < -0.3 is 19.7 Å². The van der Waals surface area contributed by atoms with Gasteiger partial charge in [0.05, 0.1) is 6.33 Å². The molecule has 1 aliphatic rings. The average molecular weight is 390 g/mol. The van der Waals surface area contributed by atoms with Gasteiger partial charge in [0.1, 0.15) is 0 Å². The first-order chi connectivity index (χ1) is 14.1. The number of hydrogen-bond donors (Lipinski definition) is 1. The van der Waals surface area contributed by atoms with Crippen LogP contribution in [0.4, 0.5) is 11.4 Å². The van der Waals surface area contributed by atoms with E-state index in [1.165, 1.54) is 5.69 Å². The van der Waals surface area contributed by atoms with Crippen LogP contribution in [0.2, 0.25) is 0 Å². The SMILES string of the molecule is CCN1CCN(c2ccc(NC(=O)c3ccc(-n4ccnc4)cc3)c(C)c2)CC1. The van der Waals surface area contributed by atoms with E-state index in [1.807, 2.05) is 48.0 Å². The molecule has 29 heavy (non-hydrogen) atoms. The van der Waals surface area contributed by atoms with Gasteiger partial charge in [-0.1, -0.05) is 6.92 Å². The van der Waals surface area contributed by atoms with Crippen molar-refractivity contribution in [3.63, 3.8) is 0 Å². The Kier molecular flexibility index (Phi) is 5.62. The minimum absolute atomic E-state index is 0.102. The molecule has 0 spiro atoms. The van der Waals surface area contributed by atoms with Gasteiger partial charge >= 0.3 is 0 Å². The van der Waals surface area contributed by atoms with Gasteiger partial charge in [-0.2, -0.15) is 0 Å². The fraction of sp³-hybridized carbons (Fsp3) is 0.304. The number of imidazole rings is 1. The normalized spacial score (nSPS) is 14.8. The molecule has 1 saturated heterocycles. The zero-order valence-corrected chi connectivity index (χ0v) is 17.0. The molecule has 6 nitrogen and oxygen atoms in total. The number of rotatable bonds is 5. The van der Waals surface area contributed by atoms with Gasteiger partial charge in [-0.15, -0.1) is 0 Å². The largest absolute Gasteiger partial charge is 0.369 e. The predicted octanol–water partition coefficient (Wildman–Crippen LogP) is 3.57. The first-order valence-corrected chi connectivity index (χ1v) is 10.1. The Morgan fingerprint density at radius 1 is 1.03 bits per heavy atom.